The zero-order chi connectivity index (χ0) is 8.39. The molecule has 1 saturated carbocycles. The Morgan fingerprint density at radius 1 is 1.17 bits per heavy atom. The van der Waals surface area contributed by atoms with Gasteiger partial charge in [-0.2, -0.15) is 0 Å². The van der Waals surface area contributed by atoms with E-state index in [1.807, 2.05) is 0 Å². The summed E-state index contributed by atoms with van der Waals surface area (Å²) in [6.07, 6.45) is 4.02. The van der Waals surface area contributed by atoms with Crippen LogP contribution in [0.1, 0.15) is 19.3 Å². The Labute approximate surface area is 76.6 Å². The van der Waals surface area contributed by atoms with Crippen molar-refractivity contribution >= 4 is 10.8 Å². The monoisotopic (exact) mass is 187 g/mol. The predicted molar refractivity (Wildman–Crippen MR) is 51.6 cm³/mol. The fraction of sp³-hybridized carbons (Fsp3) is 1.00. The molecule has 1 atom stereocenters. The molecule has 0 spiro atoms. The Balaban J connectivity index is 1.62. The van der Waals surface area contributed by atoms with Crippen molar-refractivity contribution in [3.63, 3.8) is 0 Å². The second-order valence-electron chi connectivity index (χ2n) is 4.09. The van der Waals surface area contributed by atoms with Gasteiger partial charge in [0.25, 0.3) is 0 Å². The third-order valence-electron chi connectivity index (χ3n) is 2.93. The third-order valence-corrected chi connectivity index (χ3v) is 4.62. The molecule has 1 aliphatic heterocycles. The number of hydrogen-bond donors (Lipinski definition) is 1. The molecule has 1 aliphatic carbocycles. The van der Waals surface area contributed by atoms with Crippen LogP contribution < -0.4 is 5.32 Å². The molecule has 1 heterocycles. The van der Waals surface area contributed by atoms with Gasteiger partial charge in [0, 0.05) is 35.4 Å². The number of nitrogens with one attached hydrogen (secondary N) is 1. The molecule has 70 valence electrons. The Kier molecular flexibility index (Phi) is 2.81. The molecule has 2 rings (SSSR count). The zero-order valence-corrected chi connectivity index (χ0v) is 8.24. The van der Waals surface area contributed by atoms with Gasteiger partial charge in [0.05, 0.1) is 0 Å². The van der Waals surface area contributed by atoms with E-state index in [0.717, 1.165) is 30.5 Å². The summed E-state index contributed by atoms with van der Waals surface area (Å²) in [6, 6.07) is 0. The Bertz CT molecular complexity index is 157. The molecule has 1 N–H and O–H groups in total. The first kappa shape index (κ1) is 8.70. The minimum absolute atomic E-state index is 0.517. The van der Waals surface area contributed by atoms with Gasteiger partial charge in [-0.05, 0) is 24.7 Å². The summed E-state index contributed by atoms with van der Waals surface area (Å²) < 4.78 is 11.5. The molecule has 1 saturated heterocycles. The maximum atomic E-state index is 11.5. The van der Waals surface area contributed by atoms with Crippen LogP contribution in [-0.4, -0.2) is 28.8 Å². The molecule has 12 heavy (non-hydrogen) atoms. The highest BCUT2D eigenvalue weighted by molar-refractivity contribution is 7.85. The van der Waals surface area contributed by atoms with Gasteiger partial charge in [0.15, 0.2) is 0 Å². The average Bonchev–Trinajstić information content (AvgIpc) is 1.89. The summed E-state index contributed by atoms with van der Waals surface area (Å²) in [5, 5.41) is 3.21. The highest BCUT2D eigenvalue weighted by Gasteiger charge is 2.23. The normalized spacial score (nSPS) is 27.7. The molecule has 3 heteroatoms. The van der Waals surface area contributed by atoms with Crippen molar-refractivity contribution in [2.24, 2.45) is 11.8 Å². The van der Waals surface area contributed by atoms with Crippen LogP contribution in [0.4, 0.5) is 0 Å². The third kappa shape index (κ3) is 2.07. The lowest BCUT2D eigenvalue weighted by Crippen LogP contribution is -2.45. The fourth-order valence-electron chi connectivity index (χ4n) is 1.72. The molecular weight excluding hydrogens is 170 g/mol. The maximum Gasteiger partial charge on any atom is 0.0287 e. The molecule has 2 fully saturated rings. The van der Waals surface area contributed by atoms with Gasteiger partial charge in [0.1, 0.15) is 0 Å². The molecule has 0 aromatic carbocycles. The second kappa shape index (κ2) is 3.88. The van der Waals surface area contributed by atoms with E-state index in [1.165, 1.54) is 19.3 Å². The molecule has 0 amide bonds. The van der Waals surface area contributed by atoms with Crippen LogP contribution in [-0.2, 0) is 10.8 Å². The first-order chi connectivity index (χ1) is 5.84. The highest BCUT2D eigenvalue weighted by Crippen LogP contribution is 2.27. The number of hydrogen-bond acceptors (Lipinski definition) is 2. The summed E-state index contributed by atoms with van der Waals surface area (Å²) in [7, 11) is -0.517. The smallest absolute Gasteiger partial charge is 0.0287 e. The number of rotatable bonds is 4. The maximum absolute atomic E-state index is 11.5. The van der Waals surface area contributed by atoms with Crippen LogP contribution in [0.5, 0.6) is 0 Å². The van der Waals surface area contributed by atoms with Crippen LogP contribution in [0.3, 0.4) is 0 Å². The van der Waals surface area contributed by atoms with Crippen LogP contribution in [0, 0.1) is 11.8 Å². The first-order valence-electron chi connectivity index (χ1n) is 4.90. The van der Waals surface area contributed by atoms with E-state index in [4.69, 9.17) is 0 Å². The van der Waals surface area contributed by atoms with Gasteiger partial charge in [-0.3, -0.25) is 4.21 Å². The molecule has 2 nitrogen and oxygen atoms in total. The molecule has 1 unspecified atom stereocenters. The largest absolute Gasteiger partial charge is 0.316 e. The van der Waals surface area contributed by atoms with Crippen LogP contribution in [0.2, 0.25) is 0 Å². The van der Waals surface area contributed by atoms with E-state index in [9.17, 15) is 4.21 Å². The summed E-state index contributed by atoms with van der Waals surface area (Å²) in [4.78, 5) is 0. The van der Waals surface area contributed by atoms with Crippen LogP contribution in [0.25, 0.3) is 0 Å². The van der Waals surface area contributed by atoms with E-state index < -0.39 is 10.8 Å². The molecule has 0 aromatic heterocycles. The molecule has 0 aromatic rings. The van der Waals surface area contributed by atoms with Crippen LogP contribution >= 0.6 is 0 Å². The van der Waals surface area contributed by atoms with Crippen molar-refractivity contribution < 1.29 is 4.21 Å². The Hall–Kier alpha value is 0.110. The summed E-state index contributed by atoms with van der Waals surface area (Å²) in [6.45, 7) is 2.19. The van der Waals surface area contributed by atoms with Crippen LogP contribution in [0.15, 0.2) is 0 Å². The predicted octanol–water partition coefficient (Wildman–Crippen LogP) is 0.755. The quantitative estimate of drug-likeness (QED) is 0.704. The van der Waals surface area contributed by atoms with Gasteiger partial charge in [0.2, 0.25) is 0 Å². The van der Waals surface area contributed by atoms with Gasteiger partial charge in [-0.25, -0.2) is 0 Å². The van der Waals surface area contributed by atoms with Crippen molar-refractivity contribution in [1.29, 1.82) is 0 Å². The minimum Gasteiger partial charge on any atom is -0.316 e. The minimum atomic E-state index is -0.517. The van der Waals surface area contributed by atoms with Crippen molar-refractivity contribution in [2.45, 2.75) is 19.3 Å². The van der Waals surface area contributed by atoms with Crippen molar-refractivity contribution in [1.82, 2.24) is 5.32 Å². The SMILES string of the molecule is O=S(CC1CCC1)CC1CNC1. The summed E-state index contributed by atoms with van der Waals surface area (Å²) in [5.74, 6) is 3.45. The Morgan fingerprint density at radius 2 is 1.83 bits per heavy atom. The summed E-state index contributed by atoms with van der Waals surface area (Å²) >= 11 is 0. The second-order valence-corrected chi connectivity index (χ2v) is 5.64. The van der Waals surface area contributed by atoms with Gasteiger partial charge >= 0.3 is 0 Å². The molecular formula is C9H17NOS. The first-order valence-corrected chi connectivity index (χ1v) is 6.39. The van der Waals surface area contributed by atoms with Crippen molar-refractivity contribution in [3.05, 3.63) is 0 Å². The lowest BCUT2D eigenvalue weighted by atomic mass is 9.87. The molecule has 0 bridgehead atoms. The lowest BCUT2D eigenvalue weighted by Gasteiger charge is -2.29. The van der Waals surface area contributed by atoms with Crippen molar-refractivity contribution in [3.8, 4) is 0 Å². The van der Waals surface area contributed by atoms with Crippen molar-refractivity contribution in [2.75, 3.05) is 24.6 Å². The zero-order valence-electron chi connectivity index (χ0n) is 7.42. The van der Waals surface area contributed by atoms with Gasteiger partial charge in [-0.15, -0.1) is 0 Å². The standard InChI is InChI=1S/C9H17NOS/c11-12(6-8-2-1-3-8)7-9-4-10-5-9/h8-10H,1-7H2. The fourth-order valence-corrected chi connectivity index (χ4v) is 3.48. The average molecular weight is 187 g/mol. The van der Waals surface area contributed by atoms with E-state index in [-0.39, 0.29) is 0 Å². The van der Waals surface area contributed by atoms with Gasteiger partial charge in [-0.1, -0.05) is 6.42 Å². The van der Waals surface area contributed by atoms with Gasteiger partial charge < -0.3 is 5.32 Å². The van der Waals surface area contributed by atoms with E-state index in [2.05, 4.69) is 5.32 Å². The lowest BCUT2D eigenvalue weighted by molar-refractivity contribution is 0.347. The molecule has 0 radical (unpaired) electrons. The molecule has 2 aliphatic rings. The Morgan fingerprint density at radius 3 is 2.25 bits per heavy atom. The summed E-state index contributed by atoms with van der Waals surface area (Å²) in [5.41, 5.74) is 0. The van der Waals surface area contributed by atoms with E-state index >= 15 is 0 Å². The van der Waals surface area contributed by atoms with E-state index in [1.54, 1.807) is 0 Å². The van der Waals surface area contributed by atoms with E-state index in [0.29, 0.717) is 5.92 Å². The highest BCUT2D eigenvalue weighted by atomic mass is 32.2. The topological polar surface area (TPSA) is 29.1 Å².